The van der Waals surface area contributed by atoms with Crippen LogP contribution in [-0.2, 0) is 0 Å². The third-order valence-corrected chi connectivity index (χ3v) is 4.62. The first-order chi connectivity index (χ1) is 8.21. The predicted octanol–water partition coefficient (Wildman–Crippen LogP) is 3.86. The molecule has 0 bridgehead atoms. The van der Waals surface area contributed by atoms with Crippen molar-refractivity contribution in [2.24, 2.45) is 23.6 Å². The van der Waals surface area contributed by atoms with Crippen LogP contribution in [0.3, 0.4) is 0 Å². The first-order valence-corrected chi connectivity index (χ1v) is 7.67. The molecule has 0 heterocycles. The van der Waals surface area contributed by atoms with Crippen LogP contribution in [0.5, 0.6) is 0 Å². The quantitative estimate of drug-likeness (QED) is 0.524. The van der Waals surface area contributed by atoms with Crippen molar-refractivity contribution in [3.8, 4) is 0 Å². The van der Waals surface area contributed by atoms with Gasteiger partial charge in [0.25, 0.3) is 0 Å². The highest BCUT2D eigenvalue weighted by atomic mass is 15.2. The number of rotatable bonds is 7. The van der Waals surface area contributed by atoms with Gasteiger partial charge in [-0.2, -0.15) is 0 Å². The molecule has 1 aliphatic rings. The standard InChI is InChI=1S/C15H32N2/c1-4-7-12(3)10-15(17-16)14-9-6-8-13(5-2)11-14/h12-15,17H,4-11,16H2,1-3H3. The lowest BCUT2D eigenvalue weighted by molar-refractivity contribution is 0.189. The topological polar surface area (TPSA) is 38.0 Å². The van der Waals surface area contributed by atoms with Crippen LogP contribution in [0.4, 0.5) is 0 Å². The minimum Gasteiger partial charge on any atom is -0.271 e. The summed E-state index contributed by atoms with van der Waals surface area (Å²) < 4.78 is 0. The third-order valence-electron chi connectivity index (χ3n) is 4.62. The van der Waals surface area contributed by atoms with Gasteiger partial charge in [-0.1, -0.05) is 52.9 Å². The van der Waals surface area contributed by atoms with Gasteiger partial charge in [0, 0.05) is 6.04 Å². The molecule has 2 heteroatoms. The molecule has 0 amide bonds. The molecule has 1 aliphatic carbocycles. The van der Waals surface area contributed by atoms with Crippen LogP contribution in [0.25, 0.3) is 0 Å². The van der Waals surface area contributed by atoms with E-state index in [4.69, 9.17) is 5.84 Å². The van der Waals surface area contributed by atoms with Crippen molar-refractivity contribution in [3.05, 3.63) is 0 Å². The molecule has 102 valence electrons. The Balaban J connectivity index is 2.42. The molecule has 0 aromatic heterocycles. The van der Waals surface area contributed by atoms with Crippen molar-refractivity contribution in [1.29, 1.82) is 0 Å². The van der Waals surface area contributed by atoms with Crippen LogP contribution in [0.1, 0.15) is 72.1 Å². The molecular weight excluding hydrogens is 208 g/mol. The van der Waals surface area contributed by atoms with Crippen LogP contribution in [0.2, 0.25) is 0 Å². The summed E-state index contributed by atoms with van der Waals surface area (Å²) in [6.07, 6.45) is 10.8. The predicted molar refractivity (Wildman–Crippen MR) is 75.5 cm³/mol. The molecule has 1 saturated carbocycles. The average Bonchev–Trinajstić information content (AvgIpc) is 2.36. The number of hydrazine groups is 1. The summed E-state index contributed by atoms with van der Waals surface area (Å²) in [4.78, 5) is 0. The van der Waals surface area contributed by atoms with Crippen molar-refractivity contribution in [2.75, 3.05) is 0 Å². The molecule has 0 radical (unpaired) electrons. The second-order valence-corrected chi connectivity index (χ2v) is 6.10. The highest BCUT2D eigenvalue weighted by molar-refractivity contribution is 4.82. The first kappa shape index (κ1) is 15.0. The lowest BCUT2D eigenvalue weighted by Gasteiger charge is -2.35. The summed E-state index contributed by atoms with van der Waals surface area (Å²) in [5, 5.41) is 0. The minimum absolute atomic E-state index is 0.547. The summed E-state index contributed by atoms with van der Waals surface area (Å²) in [6.45, 7) is 6.97. The van der Waals surface area contributed by atoms with Gasteiger partial charge < -0.3 is 0 Å². The number of nitrogens with one attached hydrogen (secondary N) is 1. The zero-order valence-electron chi connectivity index (χ0n) is 12.0. The van der Waals surface area contributed by atoms with E-state index in [2.05, 4.69) is 26.2 Å². The highest BCUT2D eigenvalue weighted by Crippen LogP contribution is 2.34. The Labute approximate surface area is 108 Å². The second-order valence-electron chi connectivity index (χ2n) is 6.10. The summed E-state index contributed by atoms with van der Waals surface area (Å²) in [7, 11) is 0. The molecule has 1 rings (SSSR count). The van der Waals surface area contributed by atoms with Crippen molar-refractivity contribution in [2.45, 2.75) is 78.2 Å². The maximum Gasteiger partial charge on any atom is 0.0241 e. The molecular formula is C15H32N2. The molecule has 0 aliphatic heterocycles. The molecule has 4 atom stereocenters. The number of nitrogens with two attached hydrogens (primary N) is 1. The summed E-state index contributed by atoms with van der Waals surface area (Å²) >= 11 is 0. The van der Waals surface area contributed by atoms with Gasteiger partial charge in [-0.25, -0.2) is 0 Å². The molecule has 0 aromatic carbocycles. The van der Waals surface area contributed by atoms with Crippen LogP contribution in [0.15, 0.2) is 0 Å². The van der Waals surface area contributed by atoms with Crippen molar-refractivity contribution in [3.63, 3.8) is 0 Å². The summed E-state index contributed by atoms with van der Waals surface area (Å²) in [6, 6.07) is 0.547. The Bertz CT molecular complexity index is 193. The molecule has 2 nitrogen and oxygen atoms in total. The van der Waals surface area contributed by atoms with Crippen molar-refractivity contribution < 1.29 is 0 Å². The van der Waals surface area contributed by atoms with E-state index in [-0.39, 0.29) is 0 Å². The van der Waals surface area contributed by atoms with Gasteiger partial charge in [-0.05, 0) is 37.0 Å². The lowest BCUT2D eigenvalue weighted by Crippen LogP contribution is -2.43. The normalized spacial score (nSPS) is 28.9. The maximum absolute atomic E-state index is 5.78. The van der Waals surface area contributed by atoms with Crippen molar-refractivity contribution in [1.82, 2.24) is 5.43 Å². The van der Waals surface area contributed by atoms with E-state index in [1.165, 1.54) is 51.4 Å². The fourth-order valence-electron chi connectivity index (χ4n) is 3.51. The first-order valence-electron chi connectivity index (χ1n) is 7.67. The number of hydrogen-bond acceptors (Lipinski definition) is 2. The van der Waals surface area contributed by atoms with E-state index in [9.17, 15) is 0 Å². The molecule has 0 aromatic rings. The lowest BCUT2D eigenvalue weighted by atomic mass is 9.75. The molecule has 4 unspecified atom stereocenters. The Morgan fingerprint density at radius 3 is 2.65 bits per heavy atom. The SMILES string of the molecule is CCCC(C)CC(NN)C1CCCC(CC)C1. The Morgan fingerprint density at radius 1 is 1.29 bits per heavy atom. The largest absolute Gasteiger partial charge is 0.271 e. The van der Waals surface area contributed by atoms with Gasteiger partial charge in [0.1, 0.15) is 0 Å². The van der Waals surface area contributed by atoms with Crippen molar-refractivity contribution >= 4 is 0 Å². The van der Waals surface area contributed by atoms with Gasteiger partial charge in [-0.15, -0.1) is 0 Å². The van der Waals surface area contributed by atoms with E-state index >= 15 is 0 Å². The zero-order chi connectivity index (χ0) is 12.7. The Morgan fingerprint density at radius 2 is 2.06 bits per heavy atom. The molecule has 3 N–H and O–H groups in total. The molecule has 17 heavy (non-hydrogen) atoms. The van der Waals surface area contributed by atoms with Crippen LogP contribution >= 0.6 is 0 Å². The Kier molecular flexibility index (Phi) is 7.14. The van der Waals surface area contributed by atoms with E-state index in [1.54, 1.807) is 0 Å². The summed E-state index contributed by atoms with van der Waals surface area (Å²) in [5.41, 5.74) is 3.11. The smallest absolute Gasteiger partial charge is 0.0241 e. The second kappa shape index (κ2) is 8.10. The van der Waals surface area contributed by atoms with Gasteiger partial charge in [0.2, 0.25) is 0 Å². The van der Waals surface area contributed by atoms with Gasteiger partial charge in [0.15, 0.2) is 0 Å². The fourth-order valence-corrected chi connectivity index (χ4v) is 3.51. The fraction of sp³-hybridized carbons (Fsp3) is 1.00. The van der Waals surface area contributed by atoms with Gasteiger partial charge in [-0.3, -0.25) is 11.3 Å². The van der Waals surface area contributed by atoms with E-state index in [0.717, 1.165) is 17.8 Å². The Hall–Kier alpha value is -0.0800. The molecule has 0 saturated heterocycles. The van der Waals surface area contributed by atoms with Gasteiger partial charge in [0.05, 0.1) is 0 Å². The van der Waals surface area contributed by atoms with Crippen LogP contribution < -0.4 is 11.3 Å². The van der Waals surface area contributed by atoms with E-state index in [1.807, 2.05) is 0 Å². The van der Waals surface area contributed by atoms with Crippen LogP contribution in [-0.4, -0.2) is 6.04 Å². The van der Waals surface area contributed by atoms with E-state index in [0.29, 0.717) is 6.04 Å². The van der Waals surface area contributed by atoms with Gasteiger partial charge >= 0.3 is 0 Å². The molecule has 0 spiro atoms. The van der Waals surface area contributed by atoms with E-state index < -0.39 is 0 Å². The minimum atomic E-state index is 0.547. The third kappa shape index (κ3) is 4.97. The zero-order valence-corrected chi connectivity index (χ0v) is 12.0. The average molecular weight is 240 g/mol. The number of hydrogen-bond donors (Lipinski definition) is 2. The molecule has 1 fully saturated rings. The maximum atomic E-state index is 5.78. The monoisotopic (exact) mass is 240 g/mol. The summed E-state index contributed by atoms with van der Waals surface area (Å²) in [5.74, 6) is 8.36. The highest BCUT2D eigenvalue weighted by Gasteiger charge is 2.27. The van der Waals surface area contributed by atoms with Crippen LogP contribution in [0, 0.1) is 17.8 Å².